The first-order valence-corrected chi connectivity index (χ1v) is 6.17. The molecule has 0 saturated heterocycles. The second kappa shape index (κ2) is 6.59. The van der Waals surface area contributed by atoms with Crippen LogP contribution < -0.4 is 4.74 Å². The summed E-state index contributed by atoms with van der Waals surface area (Å²) in [5, 5.41) is 0. The smallest absolute Gasteiger partial charge is 0.293 e. The molecule has 0 aliphatic heterocycles. The van der Waals surface area contributed by atoms with Crippen LogP contribution in [0.15, 0.2) is 54.6 Å². The standard InChI is InChI=1S/C16H16O3/c1-13(19-12-17)11-18-16-9-7-15(8-10-16)14-5-3-2-4-6-14/h2-10,12-13H,11H2,1H3/t13-/m1/s1. The Morgan fingerprint density at radius 2 is 1.63 bits per heavy atom. The maximum Gasteiger partial charge on any atom is 0.293 e. The Morgan fingerprint density at radius 1 is 1.00 bits per heavy atom. The van der Waals surface area contributed by atoms with E-state index in [9.17, 15) is 4.79 Å². The molecule has 0 saturated carbocycles. The molecule has 0 amide bonds. The molecule has 0 bridgehead atoms. The van der Waals surface area contributed by atoms with Gasteiger partial charge in [-0.15, -0.1) is 0 Å². The minimum atomic E-state index is -0.244. The first-order valence-electron chi connectivity index (χ1n) is 6.17. The molecule has 0 aliphatic carbocycles. The lowest BCUT2D eigenvalue weighted by Gasteiger charge is -2.11. The molecule has 19 heavy (non-hydrogen) atoms. The van der Waals surface area contributed by atoms with Gasteiger partial charge >= 0.3 is 0 Å². The highest BCUT2D eigenvalue weighted by atomic mass is 16.6. The number of ether oxygens (including phenoxy) is 2. The summed E-state index contributed by atoms with van der Waals surface area (Å²) in [6.45, 7) is 2.57. The van der Waals surface area contributed by atoms with Gasteiger partial charge in [0.15, 0.2) is 0 Å². The van der Waals surface area contributed by atoms with Crippen molar-refractivity contribution in [2.24, 2.45) is 0 Å². The van der Waals surface area contributed by atoms with E-state index in [4.69, 9.17) is 9.47 Å². The molecular formula is C16H16O3. The van der Waals surface area contributed by atoms with Crippen LogP contribution in [-0.2, 0) is 9.53 Å². The molecule has 0 fully saturated rings. The SMILES string of the molecule is C[C@H](COc1ccc(-c2ccccc2)cc1)OC=O. The van der Waals surface area contributed by atoms with Crippen molar-refractivity contribution in [2.45, 2.75) is 13.0 Å². The van der Waals surface area contributed by atoms with Gasteiger partial charge in [0.2, 0.25) is 0 Å². The van der Waals surface area contributed by atoms with Crippen LogP contribution in [0, 0.1) is 0 Å². The quantitative estimate of drug-likeness (QED) is 0.744. The van der Waals surface area contributed by atoms with E-state index in [1.807, 2.05) is 42.5 Å². The summed E-state index contributed by atoms with van der Waals surface area (Å²) < 4.78 is 10.3. The van der Waals surface area contributed by atoms with E-state index >= 15 is 0 Å². The lowest BCUT2D eigenvalue weighted by atomic mass is 10.1. The van der Waals surface area contributed by atoms with Gasteiger partial charge in [-0.25, -0.2) is 0 Å². The Bertz CT molecular complexity index is 505. The van der Waals surface area contributed by atoms with E-state index in [-0.39, 0.29) is 6.10 Å². The van der Waals surface area contributed by atoms with E-state index in [0.717, 1.165) is 11.3 Å². The molecule has 0 spiro atoms. The Balaban J connectivity index is 1.97. The van der Waals surface area contributed by atoms with Gasteiger partial charge in [-0.2, -0.15) is 0 Å². The zero-order chi connectivity index (χ0) is 13.5. The summed E-state index contributed by atoms with van der Waals surface area (Å²) in [7, 11) is 0. The van der Waals surface area contributed by atoms with Crippen molar-refractivity contribution in [2.75, 3.05) is 6.61 Å². The van der Waals surface area contributed by atoms with Gasteiger partial charge in [0.25, 0.3) is 6.47 Å². The zero-order valence-corrected chi connectivity index (χ0v) is 10.8. The van der Waals surface area contributed by atoms with Crippen LogP contribution in [0.2, 0.25) is 0 Å². The van der Waals surface area contributed by atoms with Crippen LogP contribution in [0.5, 0.6) is 5.75 Å². The highest BCUT2D eigenvalue weighted by molar-refractivity contribution is 5.63. The summed E-state index contributed by atoms with van der Waals surface area (Å²) in [5.41, 5.74) is 2.32. The van der Waals surface area contributed by atoms with Crippen LogP contribution in [0.25, 0.3) is 11.1 Å². The van der Waals surface area contributed by atoms with Crippen LogP contribution in [-0.4, -0.2) is 19.2 Å². The minimum Gasteiger partial charge on any atom is -0.490 e. The van der Waals surface area contributed by atoms with Crippen molar-refractivity contribution in [3.05, 3.63) is 54.6 Å². The van der Waals surface area contributed by atoms with Crippen molar-refractivity contribution in [1.82, 2.24) is 0 Å². The van der Waals surface area contributed by atoms with Crippen molar-refractivity contribution >= 4 is 6.47 Å². The van der Waals surface area contributed by atoms with Crippen molar-refractivity contribution in [3.8, 4) is 16.9 Å². The normalized spacial score (nSPS) is 11.6. The number of carbonyl (C=O) groups excluding carboxylic acids is 1. The van der Waals surface area contributed by atoms with E-state index in [1.165, 1.54) is 5.56 Å². The largest absolute Gasteiger partial charge is 0.490 e. The lowest BCUT2D eigenvalue weighted by Crippen LogP contribution is -2.17. The third-order valence-electron chi connectivity index (χ3n) is 2.73. The predicted molar refractivity (Wildman–Crippen MR) is 74.0 cm³/mol. The first kappa shape index (κ1) is 13.1. The fourth-order valence-electron chi connectivity index (χ4n) is 1.72. The number of rotatable bonds is 6. The molecule has 3 heteroatoms. The molecule has 3 nitrogen and oxygen atoms in total. The van der Waals surface area contributed by atoms with Crippen molar-refractivity contribution < 1.29 is 14.3 Å². The monoisotopic (exact) mass is 256 g/mol. The Labute approximate surface area is 112 Å². The number of benzene rings is 2. The number of hydrogen-bond donors (Lipinski definition) is 0. The second-order valence-corrected chi connectivity index (χ2v) is 4.24. The van der Waals surface area contributed by atoms with Crippen LogP contribution in [0.4, 0.5) is 0 Å². The molecule has 1 atom stereocenters. The van der Waals surface area contributed by atoms with Gasteiger partial charge in [0.05, 0.1) is 0 Å². The van der Waals surface area contributed by atoms with Gasteiger partial charge in [0, 0.05) is 0 Å². The molecule has 0 heterocycles. The third kappa shape index (κ3) is 3.85. The summed E-state index contributed by atoms with van der Waals surface area (Å²) in [5.74, 6) is 0.765. The minimum absolute atomic E-state index is 0.244. The van der Waals surface area contributed by atoms with Crippen LogP contribution in [0.3, 0.4) is 0 Å². The van der Waals surface area contributed by atoms with Gasteiger partial charge in [-0.3, -0.25) is 4.79 Å². The predicted octanol–water partition coefficient (Wildman–Crippen LogP) is 3.29. The van der Waals surface area contributed by atoms with Gasteiger partial charge < -0.3 is 9.47 Å². The molecular weight excluding hydrogens is 240 g/mol. The molecule has 0 unspecified atom stereocenters. The molecule has 0 aliphatic rings. The fraction of sp³-hybridized carbons (Fsp3) is 0.188. The highest BCUT2D eigenvalue weighted by Gasteiger charge is 2.03. The Kier molecular flexibility index (Phi) is 4.56. The molecule has 0 N–H and O–H groups in total. The molecule has 2 aromatic carbocycles. The Morgan fingerprint density at radius 3 is 2.26 bits per heavy atom. The topological polar surface area (TPSA) is 35.5 Å². The molecule has 0 aromatic heterocycles. The summed E-state index contributed by atoms with van der Waals surface area (Å²) in [4.78, 5) is 10.2. The fourth-order valence-corrected chi connectivity index (χ4v) is 1.72. The highest BCUT2D eigenvalue weighted by Crippen LogP contribution is 2.22. The number of hydrogen-bond acceptors (Lipinski definition) is 3. The summed E-state index contributed by atoms with van der Waals surface area (Å²) in [6, 6.07) is 18.0. The average Bonchev–Trinajstić information content (AvgIpc) is 2.47. The van der Waals surface area contributed by atoms with E-state index in [0.29, 0.717) is 13.1 Å². The average molecular weight is 256 g/mol. The van der Waals surface area contributed by atoms with E-state index in [2.05, 4.69) is 12.1 Å². The first-order chi connectivity index (χ1) is 9.29. The lowest BCUT2D eigenvalue weighted by molar-refractivity contribution is -0.134. The zero-order valence-electron chi connectivity index (χ0n) is 10.8. The molecule has 2 rings (SSSR count). The maximum absolute atomic E-state index is 10.2. The summed E-state index contributed by atoms with van der Waals surface area (Å²) >= 11 is 0. The molecule has 0 radical (unpaired) electrons. The molecule has 98 valence electrons. The molecule has 2 aromatic rings. The van der Waals surface area contributed by atoms with Crippen LogP contribution in [0.1, 0.15) is 6.92 Å². The summed E-state index contributed by atoms with van der Waals surface area (Å²) in [6.07, 6.45) is -0.244. The van der Waals surface area contributed by atoms with Crippen LogP contribution >= 0.6 is 0 Å². The maximum atomic E-state index is 10.2. The van der Waals surface area contributed by atoms with Gasteiger partial charge in [-0.05, 0) is 30.2 Å². The van der Waals surface area contributed by atoms with E-state index in [1.54, 1.807) is 6.92 Å². The van der Waals surface area contributed by atoms with Crippen molar-refractivity contribution in [1.29, 1.82) is 0 Å². The Hall–Kier alpha value is -2.29. The van der Waals surface area contributed by atoms with E-state index < -0.39 is 0 Å². The van der Waals surface area contributed by atoms with Gasteiger partial charge in [-0.1, -0.05) is 42.5 Å². The van der Waals surface area contributed by atoms with Crippen molar-refractivity contribution in [3.63, 3.8) is 0 Å². The van der Waals surface area contributed by atoms with Gasteiger partial charge in [0.1, 0.15) is 18.5 Å². The second-order valence-electron chi connectivity index (χ2n) is 4.24. The third-order valence-corrected chi connectivity index (χ3v) is 2.73. The number of carbonyl (C=O) groups is 1.